The predicted molar refractivity (Wildman–Crippen MR) is 135 cm³/mol. The van der Waals surface area contributed by atoms with Gasteiger partial charge in [-0.1, -0.05) is 6.08 Å². The van der Waals surface area contributed by atoms with E-state index in [1.807, 2.05) is 6.92 Å². The average Bonchev–Trinajstić information content (AvgIpc) is 3.55. The number of rotatable bonds is 8. The lowest BCUT2D eigenvalue weighted by molar-refractivity contribution is -0.139. The molecule has 2 saturated carbocycles. The van der Waals surface area contributed by atoms with Gasteiger partial charge in [0.2, 0.25) is 5.91 Å². The number of nitrogens with one attached hydrogen (secondary N) is 1. The summed E-state index contributed by atoms with van der Waals surface area (Å²) >= 11 is 0. The Kier molecular flexibility index (Phi) is 7.05. The van der Waals surface area contributed by atoms with Crippen molar-refractivity contribution in [2.75, 3.05) is 11.9 Å². The number of allylic oxidation sites excluding steroid dienone is 2. The summed E-state index contributed by atoms with van der Waals surface area (Å²) in [5.41, 5.74) is 3.89. The molecule has 0 bridgehead atoms. The predicted octanol–water partition coefficient (Wildman–Crippen LogP) is 6.17. The van der Waals surface area contributed by atoms with Crippen molar-refractivity contribution in [1.29, 1.82) is 0 Å². The van der Waals surface area contributed by atoms with Crippen LogP contribution in [0.2, 0.25) is 0 Å². The molecule has 0 aliphatic heterocycles. The molecule has 35 heavy (non-hydrogen) atoms. The second kappa shape index (κ2) is 10.0. The lowest BCUT2D eigenvalue weighted by Gasteiger charge is -2.31. The number of hydrogen-bond donors (Lipinski definition) is 2. The number of anilines is 1. The average molecular weight is 479 g/mol. The first kappa shape index (κ1) is 24.6. The smallest absolute Gasteiger partial charge is 0.341 e. The summed E-state index contributed by atoms with van der Waals surface area (Å²) in [6.45, 7) is 6.97. The second-order valence-corrected chi connectivity index (χ2v) is 9.61. The number of nitrogens with zero attached hydrogens (tertiary/aromatic N) is 1. The van der Waals surface area contributed by atoms with Crippen molar-refractivity contribution in [3.63, 3.8) is 0 Å². The van der Waals surface area contributed by atoms with Crippen LogP contribution in [-0.2, 0) is 9.59 Å². The molecule has 0 radical (unpaired) electrons. The minimum Gasteiger partial charge on any atom is -0.482 e. The summed E-state index contributed by atoms with van der Waals surface area (Å²) < 4.78 is 19.5. The highest BCUT2D eigenvalue weighted by atomic mass is 19.1. The van der Waals surface area contributed by atoms with E-state index in [1.54, 1.807) is 43.3 Å². The van der Waals surface area contributed by atoms with E-state index in [4.69, 9.17) is 9.84 Å². The maximum Gasteiger partial charge on any atom is 0.341 e. The van der Waals surface area contributed by atoms with Crippen LogP contribution >= 0.6 is 0 Å². The van der Waals surface area contributed by atoms with Crippen molar-refractivity contribution in [2.45, 2.75) is 46.0 Å². The summed E-state index contributed by atoms with van der Waals surface area (Å²) in [6, 6.07) is 10.0. The molecule has 1 amide bonds. The molecule has 2 fully saturated rings. The van der Waals surface area contributed by atoms with Crippen LogP contribution in [0.4, 0.5) is 15.8 Å². The molecule has 1 atom stereocenters. The van der Waals surface area contributed by atoms with Crippen LogP contribution in [0.1, 0.15) is 50.2 Å². The zero-order valence-corrected chi connectivity index (χ0v) is 20.1. The Labute approximate surface area is 204 Å². The van der Waals surface area contributed by atoms with E-state index in [1.165, 1.54) is 0 Å². The van der Waals surface area contributed by atoms with Crippen molar-refractivity contribution in [3.8, 4) is 5.75 Å². The number of carbonyl (C=O) groups is 2. The van der Waals surface area contributed by atoms with Crippen LogP contribution in [0.25, 0.3) is 5.57 Å². The van der Waals surface area contributed by atoms with Crippen molar-refractivity contribution in [2.24, 2.45) is 22.2 Å². The van der Waals surface area contributed by atoms with Crippen LogP contribution in [0, 0.1) is 30.0 Å². The first-order valence-corrected chi connectivity index (χ1v) is 12.0. The van der Waals surface area contributed by atoms with Gasteiger partial charge in [0, 0.05) is 17.2 Å². The van der Waals surface area contributed by atoms with Gasteiger partial charge in [-0.15, -0.1) is 0 Å². The molecule has 2 aliphatic carbocycles. The highest BCUT2D eigenvalue weighted by Gasteiger charge is 2.58. The van der Waals surface area contributed by atoms with Gasteiger partial charge < -0.3 is 15.2 Å². The Morgan fingerprint density at radius 3 is 2.54 bits per heavy atom. The molecule has 2 aromatic rings. The van der Waals surface area contributed by atoms with E-state index in [9.17, 15) is 14.0 Å². The lowest BCUT2D eigenvalue weighted by Crippen LogP contribution is -2.23. The number of benzene rings is 2. The zero-order valence-electron chi connectivity index (χ0n) is 20.1. The first-order valence-electron chi connectivity index (χ1n) is 12.0. The molecule has 6 nitrogen and oxygen atoms in total. The van der Waals surface area contributed by atoms with Crippen LogP contribution in [0.15, 0.2) is 47.5 Å². The van der Waals surface area contributed by atoms with Gasteiger partial charge in [0.15, 0.2) is 6.61 Å². The van der Waals surface area contributed by atoms with Gasteiger partial charge in [-0.05, 0) is 112 Å². The number of carboxylic acid groups (broad SMARTS) is 1. The Morgan fingerprint density at radius 1 is 1.26 bits per heavy atom. The molecule has 0 heterocycles. The van der Waals surface area contributed by atoms with Gasteiger partial charge in [-0.25, -0.2) is 9.18 Å². The standard InChI is InChI=1S/C28H31FN2O4/c1-4-21(22-14-24(29)17(2)13-25(22)30-3)18-9-11-28(12-10-18)15-23(28)27(34)31-19-5-7-20(8-6-19)35-16-26(32)33/h4-8,13-14,18,23H,3,9-12,15-16H2,1-2H3,(H,31,34)(H,32,33)/b21-4-. The van der Waals surface area contributed by atoms with Crippen LogP contribution in [0.3, 0.4) is 0 Å². The number of aliphatic imine (C=N–C) groups is 1. The van der Waals surface area contributed by atoms with Crippen LogP contribution < -0.4 is 10.1 Å². The van der Waals surface area contributed by atoms with Gasteiger partial charge in [0.25, 0.3) is 0 Å². The molecule has 7 heteroatoms. The molecule has 2 aromatic carbocycles. The maximum absolute atomic E-state index is 14.3. The highest BCUT2D eigenvalue weighted by Crippen LogP contribution is 2.63. The fourth-order valence-corrected chi connectivity index (χ4v) is 5.42. The normalized spacial score (nSPS) is 23.6. The quantitative estimate of drug-likeness (QED) is 0.444. The fraction of sp³-hybridized carbons (Fsp3) is 0.393. The largest absolute Gasteiger partial charge is 0.482 e. The number of halogens is 1. The van der Waals surface area contributed by atoms with Crippen molar-refractivity contribution >= 4 is 35.5 Å². The number of amides is 1. The summed E-state index contributed by atoms with van der Waals surface area (Å²) in [7, 11) is 0. The third-order valence-corrected chi connectivity index (χ3v) is 7.48. The SMILES string of the molecule is C=Nc1cc(C)c(F)cc1/C(=C\C)C1CCC2(CC1)CC2C(=O)Nc1ccc(OCC(=O)O)cc1. The third kappa shape index (κ3) is 5.29. The number of aliphatic carboxylic acids is 1. The second-order valence-electron chi connectivity index (χ2n) is 9.61. The molecule has 1 unspecified atom stereocenters. The number of ether oxygens (including phenoxy) is 1. The van der Waals surface area contributed by atoms with Crippen molar-refractivity contribution < 1.29 is 23.8 Å². The lowest BCUT2D eigenvalue weighted by atomic mass is 9.73. The molecule has 0 saturated heterocycles. The molecule has 2 N–H and O–H groups in total. The molecule has 4 rings (SSSR count). The van der Waals surface area contributed by atoms with Crippen molar-refractivity contribution in [3.05, 3.63) is 59.4 Å². The summed E-state index contributed by atoms with van der Waals surface area (Å²) in [6.07, 6.45) is 6.76. The third-order valence-electron chi connectivity index (χ3n) is 7.48. The summed E-state index contributed by atoms with van der Waals surface area (Å²) in [5, 5.41) is 11.7. The van der Waals surface area contributed by atoms with E-state index in [0.29, 0.717) is 28.6 Å². The minimum atomic E-state index is -1.04. The minimum absolute atomic E-state index is 0.0114. The fourth-order valence-electron chi connectivity index (χ4n) is 5.42. The molecule has 1 spiro atoms. The van der Waals surface area contributed by atoms with Gasteiger partial charge in [-0.2, -0.15) is 0 Å². The number of aryl methyl sites for hydroxylation is 1. The van der Waals surface area contributed by atoms with E-state index >= 15 is 0 Å². The Morgan fingerprint density at radius 2 is 1.94 bits per heavy atom. The Hall–Kier alpha value is -3.48. The van der Waals surface area contributed by atoms with E-state index in [-0.39, 0.29) is 23.1 Å². The Bertz CT molecular complexity index is 1160. The van der Waals surface area contributed by atoms with Gasteiger partial charge in [-0.3, -0.25) is 9.79 Å². The maximum atomic E-state index is 14.3. The van der Waals surface area contributed by atoms with E-state index < -0.39 is 12.6 Å². The number of hydrogen-bond acceptors (Lipinski definition) is 4. The van der Waals surface area contributed by atoms with Crippen LogP contribution in [0.5, 0.6) is 5.75 Å². The van der Waals surface area contributed by atoms with Crippen molar-refractivity contribution in [1.82, 2.24) is 0 Å². The molecule has 184 valence electrons. The topological polar surface area (TPSA) is 88.0 Å². The molecular weight excluding hydrogens is 447 g/mol. The molecule has 0 aromatic heterocycles. The highest BCUT2D eigenvalue weighted by molar-refractivity contribution is 5.95. The summed E-state index contributed by atoms with van der Waals surface area (Å²) in [5.74, 6) is -0.526. The Balaban J connectivity index is 1.35. The van der Waals surface area contributed by atoms with Gasteiger partial charge in [0.05, 0.1) is 5.69 Å². The van der Waals surface area contributed by atoms with Gasteiger partial charge >= 0.3 is 5.97 Å². The zero-order chi connectivity index (χ0) is 25.2. The number of carboxylic acids is 1. The molecular formula is C28H31FN2O4. The first-order chi connectivity index (χ1) is 16.8. The number of carbonyl (C=O) groups excluding carboxylic acids is 1. The van der Waals surface area contributed by atoms with Gasteiger partial charge in [0.1, 0.15) is 11.6 Å². The van der Waals surface area contributed by atoms with Crippen LogP contribution in [-0.4, -0.2) is 30.3 Å². The summed E-state index contributed by atoms with van der Waals surface area (Å²) in [4.78, 5) is 27.6. The monoisotopic (exact) mass is 478 g/mol. The van der Waals surface area contributed by atoms with E-state index in [0.717, 1.165) is 43.2 Å². The van der Waals surface area contributed by atoms with E-state index in [2.05, 4.69) is 23.1 Å². The molecule has 2 aliphatic rings.